The van der Waals surface area contributed by atoms with Crippen molar-refractivity contribution >= 4 is 17.7 Å². The third-order valence-corrected chi connectivity index (χ3v) is 4.08. The first-order valence-electron chi connectivity index (χ1n) is 10.0. The number of amides is 2. The van der Waals surface area contributed by atoms with Crippen LogP contribution in [0.15, 0.2) is 53.6 Å². The summed E-state index contributed by atoms with van der Waals surface area (Å²) in [5.74, 6) is -1.99. The molecule has 1 aliphatic rings. The predicted octanol–water partition coefficient (Wildman–Crippen LogP) is 4.55. The second kappa shape index (κ2) is 12.1. The number of hydrogen-bond donors (Lipinski definition) is 2. The van der Waals surface area contributed by atoms with Crippen LogP contribution in [0.4, 0.5) is 50.0 Å². The quantitative estimate of drug-likeness (QED) is 0.337. The number of aliphatic imine (C=N–C) groups is 1. The number of nitrogens with one attached hydrogen (secondary N) is 2. The van der Waals surface area contributed by atoms with Gasteiger partial charge in [0.25, 0.3) is 0 Å². The lowest BCUT2D eigenvalue weighted by atomic mass is 10.2. The van der Waals surface area contributed by atoms with Gasteiger partial charge in [-0.25, -0.2) is 9.79 Å². The van der Waals surface area contributed by atoms with Gasteiger partial charge in [0.1, 0.15) is 18.1 Å². The van der Waals surface area contributed by atoms with Crippen molar-refractivity contribution in [3.8, 4) is 5.75 Å². The average Bonchev–Trinajstić information content (AvgIpc) is 2.78. The molecule has 2 N–H and O–H groups in total. The Morgan fingerprint density at radius 1 is 1.05 bits per heavy atom. The number of rotatable bonds is 9. The Hall–Kier alpha value is -3.83. The van der Waals surface area contributed by atoms with Gasteiger partial charge < -0.3 is 18.9 Å². The number of urea groups is 1. The molecule has 1 aromatic rings. The van der Waals surface area contributed by atoms with Crippen molar-refractivity contribution in [1.82, 2.24) is 10.6 Å². The molecule has 0 aromatic heterocycles. The van der Waals surface area contributed by atoms with Gasteiger partial charge in [0.2, 0.25) is 5.96 Å². The SMILES string of the molecule is C=C(CN(C(=O)NC1=NC(OCC(F)(F)F)C=C(OCC(F)(F)F)N1)c1ccc(OC(F)(F)F)cc1)OC. The number of carbonyl (C=O) groups is 1. The van der Waals surface area contributed by atoms with Crippen LogP contribution in [-0.4, -0.2) is 63.8 Å². The van der Waals surface area contributed by atoms with Gasteiger partial charge in [-0.05, 0) is 24.3 Å². The Bertz CT molecular complexity index is 1040. The predicted molar refractivity (Wildman–Crippen MR) is 112 cm³/mol. The van der Waals surface area contributed by atoms with E-state index in [2.05, 4.69) is 36.4 Å². The molecular formula is C20H19F9N4O5. The van der Waals surface area contributed by atoms with Crippen molar-refractivity contribution in [1.29, 1.82) is 0 Å². The highest BCUT2D eigenvalue weighted by molar-refractivity contribution is 6.04. The van der Waals surface area contributed by atoms with E-state index in [1.165, 1.54) is 7.11 Å². The smallest absolute Gasteiger partial charge is 0.500 e. The van der Waals surface area contributed by atoms with Crippen molar-refractivity contribution in [3.05, 3.63) is 48.6 Å². The van der Waals surface area contributed by atoms with Gasteiger partial charge in [0, 0.05) is 11.8 Å². The fourth-order valence-electron chi connectivity index (χ4n) is 2.57. The molecule has 2 amide bonds. The van der Waals surface area contributed by atoms with E-state index < -0.39 is 61.8 Å². The van der Waals surface area contributed by atoms with Gasteiger partial charge in [-0.2, -0.15) is 26.3 Å². The number of halogens is 9. The molecule has 1 atom stereocenters. The van der Waals surface area contributed by atoms with E-state index in [9.17, 15) is 44.3 Å². The summed E-state index contributed by atoms with van der Waals surface area (Å²) in [6, 6.07) is 2.81. The monoisotopic (exact) mass is 566 g/mol. The number of nitrogens with zero attached hydrogens (tertiary/aromatic N) is 2. The van der Waals surface area contributed by atoms with Gasteiger partial charge in [0.05, 0.1) is 13.7 Å². The van der Waals surface area contributed by atoms with E-state index in [4.69, 9.17) is 4.74 Å². The summed E-state index contributed by atoms with van der Waals surface area (Å²) < 4.78 is 130. The van der Waals surface area contributed by atoms with E-state index in [0.717, 1.165) is 29.2 Å². The molecule has 1 aromatic carbocycles. The van der Waals surface area contributed by atoms with Crippen LogP contribution < -0.4 is 20.3 Å². The lowest BCUT2D eigenvalue weighted by molar-refractivity contribution is -0.274. The summed E-state index contributed by atoms with van der Waals surface area (Å²) in [4.78, 5) is 17.5. The Kier molecular flexibility index (Phi) is 9.71. The molecule has 2 rings (SSSR count). The maximum absolute atomic E-state index is 12.9. The van der Waals surface area contributed by atoms with Crippen molar-refractivity contribution < 1.29 is 63.3 Å². The fraction of sp³-hybridized carbons (Fsp3) is 0.400. The van der Waals surface area contributed by atoms with Gasteiger partial charge >= 0.3 is 24.7 Å². The lowest BCUT2D eigenvalue weighted by Crippen LogP contribution is -2.50. The van der Waals surface area contributed by atoms with Crippen LogP contribution in [0, 0.1) is 0 Å². The lowest BCUT2D eigenvalue weighted by Gasteiger charge is -2.27. The highest BCUT2D eigenvalue weighted by atomic mass is 19.4. The van der Waals surface area contributed by atoms with Crippen LogP contribution in [0.25, 0.3) is 0 Å². The fourth-order valence-corrected chi connectivity index (χ4v) is 2.57. The molecule has 9 nitrogen and oxygen atoms in total. The molecule has 0 saturated heterocycles. The maximum atomic E-state index is 12.9. The molecule has 0 radical (unpaired) electrons. The molecule has 38 heavy (non-hydrogen) atoms. The number of hydrogen-bond acceptors (Lipinski definition) is 7. The summed E-state index contributed by atoms with van der Waals surface area (Å²) in [6.45, 7) is -0.502. The Labute approximate surface area is 208 Å². The summed E-state index contributed by atoms with van der Waals surface area (Å²) in [5, 5.41) is 4.27. The number of benzene rings is 1. The molecule has 18 heteroatoms. The average molecular weight is 566 g/mol. The van der Waals surface area contributed by atoms with Crippen LogP contribution in [0.1, 0.15) is 0 Å². The minimum atomic E-state index is -4.97. The third kappa shape index (κ3) is 11.1. The normalized spacial score (nSPS) is 16.0. The second-order valence-corrected chi connectivity index (χ2v) is 7.16. The Balaban J connectivity index is 2.25. The van der Waals surface area contributed by atoms with Crippen LogP contribution in [0.3, 0.4) is 0 Å². The zero-order chi connectivity index (χ0) is 28.7. The van der Waals surface area contributed by atoms with Gasteiger partial charge in [0.15, 0.2) is 18.7 Å². The van der Waals surface area contributed by atoms with Crippen LogP contribution in [0.5, 0.6) is 5.75 Å². The molecule has 0 bridgehead atoms. The van der Waals surface area contributed by atoms with E-state index in [1.807, 2.05) is 0 Å². The summed E-state index contributed by atoms with van der Waals surface area (Å²) in [7, 11) is 1.21. The molecule has 1 aliphatic heterocycles. The highest BCUT2D eigenvalue weighted by Gasteiger charge is 2.33. The molecular weight excluding hydrogens is 547 g/mol. The van der Waals surface area contributed by atoms with E-state index >= 15 is 0 Å². The summed E-state index contributed by atoms with van der Waals surface area (Å²) >= 11 is 0. The van der Waals surface area contributed by atoms with Crippen molar-refractivity contribution in [2.75, 3.05) is 31.8 Å². The third-order valence-electron chi connectivity index (χ3n) is 4.08. The first-order valence-corrected chi connectivity index (χ1v) is 10.0. The largest absolute Gasteiger partial charge is 0.573 e. The number of alkyl halides is 9. The zero-order valence-electron chi connectivity index (χ0n) is 19.1. The summed E-state index contributed by atoms with van der Waals surface area (Å²) in [5.41, 5.74) is -0.0272. The first-order chi connectivity index (χ1) is 17.4. The van der Waals surface area contributed by atoms with Crippen molar-refractivity contribution in [2.24, 2.45) is 4.99 Å². The number of anilines is 1. The van der Waals surface area contributed by atoms with Crippen LogP contribution in [-0.2, 0) is 14.2 Å². The number of carbonyl (C=O) groups excluding carboxylic acids is 1. The van der Waals surface area contributed by atoms with Crippen molar-refractivity contribution in [3.63, 3.8) is 0 Å². The first kappa shape index (κ1) is 30.4. The standard InChI is InChI=1S/C20H19F9N4O5/c1-11(35-2)8-33(12-3-5-13(6-4-12)38-20(27,28)29)17(34)32-16-30-14(36-9-18(21,22)23)7-15(31-16)37-10-19(24,25)26/h3-7,14H,1,8-10H2,2H3,(H2,30,31,32,34). The second-order valence-electron chi connectivity index (χ2n) is 7.16. The van der Waals surface area contributed by atoms with Gasteiger partial charge in [-0.1, -0.05) is 6.58 Å². The molecule has 0 aliphatic carbocycles. The molecule has 1 heterocycles. The van der Waals surface area contributed by atoms with E-state index in [1.54, 1.807) is 0 Å². The molecule has 0 spiro atoms. The zero-order valence-corrected chi connectivity index (χ0v) is 19.1. The minimum Gasteiger partial charge on any atom is -0.500 e. The molecule has 0 saturated carbocycles. The molecule has 0 fully saturated rings. The Morgan fingerprint density at radius 3 is 2.18 bits per heavy atom. The maximum Gasteiger partial charge on any atom is 0.573 e. The Morgan fingerprint density at radius 2 is 1.66 bits per heavy atom. The number of methoxy groups -OCH3 is 1. The van der Waals surface area contributed by atoms with Crippen LogP contribution >= 0.6 is 0 Å². The van der Waals surface area contributed by atoms with E-state index in [0.29, 0.717) is 6.08 Å². The number of ether oxygens (including phenoxy) is 4. The van der Waals surface area contributed by atoms with Gasteiger partial charge in [-0.3, -0.25) is 15.5 Å². The molecule has 1 unspecified atom stereocenters. The highest BCUT2D eigenvalue weighted by Crippen LogP contribution is 2.26. The van der Waals surface area contributed by atoms with Gasteiger partial charge in [-0.15, -0.1) is 13.2 Å². The number of guanidine groups is 1. The van der Waals surface area contributed by atoms with Crippen molar-refractivity contribution in [2.45, 2.75) is 24.9 Å². The summed E-state index contributed by atoms with van der Waals surface area (Å²) in [6.07, 6.45) is -15.7. The van der Waals surface area contributed by atoms with Crippen LogP contribution in [0.2, 0.25) is 0 Å². The van der Waals surface area contributed by atoms with E-state index in [-0.39, 0.29) is 18.0 Å². The molecule has 212 valence electrons. The topological polar surface area (TPSA) is 93.7 Å². The minimum absolute atomic E-state index is 0.00482.